The van der Waals surface area contributed by atoms with Crippen LogP contribution in [-0.4, -0.2) is 51.2 Å². The Hall–Kier alpha value is -0.120. The Bertz CT molecular complexity index is 97.5. The molecule has 0 saturated carbocycles. The first-order valence-corrected chi connectivity index (χ1v) is 4.30. The van der Waals surface area contributed by atoms with Gasteiger partial charge in [0, 0.05) is 32.2 Å². The predicted molar refractivity (Wildman–Crippen MR) is 46.8 cm³/mol. The van der Waals surface area contributed by atoms with Crippen LogP contribution in [0.4, 0.5) is 0 Å². The van der Waals surface area contributed by atoms with Crippen LogP contribution in [0.5, 0.6) is 0 Å². The average Bonchev–Trinajstić information content (AvgIpc) is 2.39. The minimum atomic E-state index is 0.662. The molecule has 1 N–H and O–H groups in total. The van der Waals surface area contributed by atoms with Gasteiger partial charge in [-0.25, -0.2) is 5.32 Å². The molecule has 0 bridgehead atoms. The quantitative estimate of drug-likeness (QED) is 0.595. The fraction of sp³-hybridized carbons (Fsp3) is 1.00. The van der Waals surface area contributed by atoms with Crippen LogP contribution in [0.2, 0.25) is 0 Å². The van der Waals surface area contributed by atoms with Crippen molar-refractivity contribution >= 4 is 0 Å². The van der Waals surface area contributed by atoms with Crippen molar-refractivity contribution in [1.29, 1.82) is 0 Å². The van der Waals surface area contributed by atoms with Crippen molar-refractivity contribution in [2.75, 3.05) is 40.3 Å². The Morgan fingerprint density at radius 2 is 2.36 bits per heavy atom. The van der Waals surface area contributed by atoms with E-state index >= 15 is 0 Å². The minimum absolute atomic E-state index is 0.662. The molecule has 0 aliphatic carbocycles. The van der Waals surface area contributed by atoms with E-state index in [2.05, 4.69) is 29.6 Å². The lowest BCUT2D eigenvalue weighted by Crippen LogP contribution is -2.35. The zero-order valence-electron chi connectivity index (χ0n) is 7.51. The van der Waals surface area contributed by atoms with Crippen LogP contribution in [-0.2, 0) is 0 Å². The first kappa shape index (κ1) is 8.97. The van der Waals surface area contributed by atoms with Gasteiger partial charge in [0.2, 0.25) is 0 Å². The van der Waals surface area contributed by atoms with Gasteiger partial charge in [0.1, 0.15) is 0 Å². The molecule has 1 rings (SSSR count). The van der Waals surface area contributed by atoms with Crippen LogP contribution in [0.1, 0.15) is 6.42 Å². The highest BCUT2D eigenvalue weighted by Gasteiger charge is 2.13. The summed E-state index contributed by atoms with van der Waals surface area (Å²) in [5, 5.41) is 7.76. The topological polar surface area (TPSA) is 29.4 Å². The predicted octanol–water partition coefficient (Wildman–Crippen LogP) is -0.486. The first-order chi connectivity index (χ1) is 5.29. The highest BCUT2D eigenvalue weighted by Crippen LogP contribution is 1.97. The monoisotopic (exact) mass is 156 g/mol. The smallest absolute Gasteiger partial charge is 0.0288 e. The van der Waals surface area contributed by atoms with Crippen LogP contribution in [0.15, 0.2) is 0 Å². The SMILES string of the molecule is CN(C)CCNC1CC[N]C1. The zero-order valence-corrected chi connectivity index (χ0v) is 7.51. The van der Waals surface area contributed by atoms with Crippen LogP contribution in [0, 0.1) is 0 Å². The summed E-state index contributed by atoms with van der Waals surface area (Å²) >= 11 is 0. The summed E-state index contributed by atoms with van der Waals surface area (Å²) in [4.78, 5) is 2.19. The summed E-state index contributed by atoms with van der Waals surface area (Å²) in [6, 6.07) is 0.662. The van der Waals surface area contributed by atoms with Gasteiger partial charge in [0.15, 0.2) is 0 Å². The first-order valence-electron chi connectivity index (χ1n) is 4.30. The molecular weight excluding hydrogens is 138 g/mol. The molecule has 0 aromatic rings. The van der Waals surface area contributed by atoms with Gasteiger partial charge in [-0.1, -0.05) is 0 Å². The molecule has 1 unspecified atom stereocenters. The largest absolute Gasteiger partial charge is 0.311 e. The van der Waals surface area contributed by atoms with Crippen molar-refractivity contribution in [3.8, 4) is 0 Å². The summed E-state index contributed by atoms with van der Waals surface area (Å²) in [6.45, 7) is 4.29. The number of nitrogens with one attached hydrogen (secondary N) is 1. The average molecular weight is 156 g/mol. The second-order valence-corrected chi connectivity index (χ2v) is 3.37. The lowest BCUT2D eigenvalue weighted by Gasteiger charge is -2.13. The minimum Gasteiger partial charge on any atom is -0.311 e. The van der Waals surface area contributed by atoms with Crippen LogP contribution in [0.3, 0.4) is 0 Å². The van der Waals surface area contributed by atoms with E-state index in [1.807, 2.05) is 0 Å². The number of nitrogens with zero attached hydrogens (tertiary/aromatic N) is 2. The second kappa shape index (κ2) is 4.70. The molecule has 11 heavy (non-hydrogen) atoms. The molecule has 1 radical (unpaired) electrons. The third kappa shape index (κ3) is 3.70. The number of likely N-dealkylation sites (N-methyl/N-ethyl adjacent to an activating group) is 1. The van der Waals surface area contributed by atoms with Gasteiger partial charge in [-0.2, -0.15) is 0 Å². The van der Waals surface area contributed by atoms with E-state index < -0.39 is 0 Å². The molecule has 1 fully saturated rings. The molecule has 1 aliphatic heterocycles. The molecule has 1 saturated heterocycles. The van der Waals surface area contributed by atoms with Crippen molar-refractivity contribution in [3.63, 3.8) is 0 Å². The fourth-order valence-corrected chi connectivity index (χ4v) is 1.24. The molecule has 65 valence electrons. The molecule has 1 atom stereocenters. The summed E-state index contributed by atoms with van der Waals surface area (Å²) in [5.41, 5.74) is 0. The van der Waals surface area contributed by atoms with Gasteiger partial charge >= 0.3 is 0 Å². The summed E-state index contributed by atoms with van der Waals surface area (Å²) < 4.78 is 0. The van der Waals surface area contributed by atoms with Gasteiger partial charge in [-0.3, -0.25) is 0 Å². The fourth-order valence-electron chi connectivity index (χ4n) is 1.24. The number of hydrogen-bond acceptors (Lipinski definition) is 2. The Morgan fingerprint density at radius 1 is 1.55 bits per heavy atom. The van der Waals surface area contributed by atoms with Crippen molar-refractivity contribution in [3.05, 3.63) is 0 Å². The van der Waals surface area contributed by atoms with Crippen molar-refractivity contribution < 1.29 is 0 Å². The Kier molecular flexibility index (Phi) is 3.83. The molecule has 0 aromatic carbocycles. The lowest BCUT2D eigenvalue weighted by molar-refractivity contribution is 0.387. The van der Waals surface area contributed by atoms with Crippen LogP contribution >= 0.6 is 0 Å². The van der Waals surface area contributed by atoms with Gasteiger partial charge in [0.05, 0.1) is 0 Å². The maximum atomic E-state index is 4.29. The molecule has 1 heterocycles. The zero-order chi connectivity index (χ0) is 8.10. The number of rotatable bonds is 4. The van der Waals surface area contributed by atoms with E-state index in [0.29, 0.717) is 6.04 Å². The van der Waals surface area contributed by atoms with E-state index in [1.165, 1.54) is 6.42 Å². The van der Waals surface area contributed by atoms with Gasteiger partial charge in [-0.05, 0) is 20.5 Å². The van der Waals surface area contributed by atoms with Crippen molar-refractivity contribution in [2.45, 2.75) is 12.5 Å². The van der Waals surface area contributed by atoms with Crippen LogP contribution < -0.4 is 10.6 Å². The Labute approximate surface area is 69.1 Å². The normalized spacial score (nSPS) is 24.8. The van der Waals surface area contributed by atoms with E-state index in [-0.39, 0.29) is 0 Å². The molecule has 0 amide bonds. The van der Waals surface area contributed by atoms with Gasteiger partial charge in [0.25, 0.3) is 0 Å². The maximum Gasteiger partial charge on any atom is 0.0288 e. The van der Waals surface area contributed by atoms with E-state index in [9.17, 15) is 0 Å². The summed E-state index contributed by atoms with van der Waals surface area (Å²) in [5.74, 6) is 0. The molecule has 3 heteroatoms. The molecule has 0 spiro atoms. The molecule has 3 nitrogen and oxygen atoms in total. The third-order valence-electron chi connectivity index (χ3n) is 1.98. The van der Waals surface area contributed by atoms with E-state index in [0.717, 1.165) is 26.2 Å². The highest BCUT2D eigenvalue weighted by molar-refractivity contribution is 4.76. The standard InChI is InChI=1S/C8H18N3/c1-11(2)6-5-10-8-3-4-9-7-8/h8,10H,3-7H2,1-2H3. The van der Waals surface area contributed by atoms with Gasteiger partial charge < -0.3 is 10.2 Å². The lowest BCUT2D eigenvalue weighted by atomic mass is 10.2. The highest BCUT2D eigenvalue weighted by atomic mass is 15.1. The third-order valence-corrected chi connectivity index (χ3v) is 1.98. The van der Waals surface area contributed by atoms with E-state index in [4.69, 9.17) is 0 Å². The molecular formula is C8H18N3. The van der Waals surface area contributed by atoms with E-state index in [1.54, 1.807) is 0 Å². The Morgan fingerprint density at radius 3 is 2.91 bits per heavy atom. The van der Waals surface area contributed by atoms with Crippen LogP contribution in [0.25, 0.3) is 0 Å². The second-order valence-electron chi connectivity index (χ2n) is 3.37. The Balaban J connectivity index is 1.94. The maximum absolute atomic E-state index is 4.29. The van der Waals surface area contributed by atoms with Crippen molar-refractivity contribution in [1.82, 2.24) is 15.5 Å². The summed E-state index contributed by atoms with van der Waals surface area (Å²) in [6.07, 6.45) is 1.23. The number of hydrogen-bond donors (Lipinski definition) is 1. The summed E-state index contributed by atoms with van der Waals surface area (Å²) in [7, 11) is 4.20. The van der Waals surface area contributed by atoms with Crippen molar-refractivity contribution in [2.24, 2.45) is 0 Å². The molecule has 1 aliphatic rings. The van der Waals surface area contributed by atoms with Gasteiger partial charge in [-0.15, -0.1) is 0 Å². The molecule has 0 aromatic heterocycles.